The van der Waals surface area contributed by atoms with Gasteiger partial charge in [-0.3, -0.25) is 4.79 Å². The summed E-state index contributed by atoms with van der Waals surface area (Å²) in [5.74, 6) is -3.04. The highest BCUT2D eigenvalue weighted by Crippen LogP contribution is 2.47. The van der Waals surface area contributed by atoms with Gasteiger partial charge in [-0.05, 0) is 51.3 Å². The third-order valence-electron chi connectivity index (χ3n) is 8.24. The number of piperazine rings is 1. The number of hydrogen-bond acceptors (Lipinski definition) is 7. The molecule has 3 aliphatic heterocycles. The second-order valence-corrected chi connectivity index (χ2v) is 11.2. The fourth-order valence-corrected chi connectivity index (χ4v) is 6.61. The zero-order valence-corrected chi connectivity index (χ0v) is 21.9. The van der Waals surface area contributed by atoms with Gasteiger partial charge in [0.2, 0.25) is 5.88 Å². The molecule has 4 atom stereocenters. The number of alkyl halides is 3. The van der Waals surface area contributed by atoms with Crippen molar-refractivity contribution in [3.8, 4) is 17.1 Å². The van der Waals surface area contributed by atoms with Gasteiger partial charge in [0.1, 0.15) is 29.1 Å². The molecular weight excluding hydrogens is 535 g/mol. The van der Waals surface area contributed by atoms with Crippen molar-refractivity contribution in [1.82, 2.24) is 15.3 Å². The Hall–Kier alpha value is -3.74. The molecule has 2 bridgehead atoms. The number of anilines is 2. The van der Waals surface area contributed by atoms with Gasteiger partial charge in [0.25, 0.3) is 5.91 Å². The van der Waals surface area contributed by atoms with Gasteiger partial charge in [-0.15, -0.1) is 0 Å². The quantitative estimate of drug-likeness (QED) is 0.324. The molecule has 0 aliphatic carbocycles. The van der Waals surface area contributed by atoms with Gasteiger partial charge in [0, 0.05) is 40.3 Å². The maximum absolute atomic E-state index is 16.6. The van der Waals surface area contributed by atoms with Crippen LogP contribution >= 0.6 is 0 Å². The van der Waals surface area contributed by atoms with E-state index in [-0.39, 0.29) is 57.0 Å². The number of nitrogens with two attached hydrogens (primary N) is 2. The topological polar surface area (TPSA) is 119 Å². The van der Waals surface area contributed by atoms with E-state index in [9.17, 15) is 22.4 Å². The highest BCUT2D eigenvalue weighted by Gasteiger charge is 2.51. The van der Waals surface area contributed by atoms with Crippen molar-refractivity contribution in [2.45, 2.75) is 69.9 Å². The molecule has 6 rings (SSSR count). The molecular formula is C27H27F5N6O2. The molecule has 212 valence electrons. The largest absolute Gasteiger partial charge is 0.472 e. The van der Waals surface area contributed by atoms with Crippen LogP contribution in [0.5, 0.6) is 5.88 Å². The molecule has 5 heterocycles. The van der Waals surface area contributed by atoms with Crippen molar-refractivity contribution in [3.05, 3.63) is 40.6 Å². The van der Waals surface area contributed by atoms with Crippen molar-refractivity contribution in [1.29, 1.82) is 0 Å². The smallest absolute Gasteiger partial charge is 0.393 e. The van der Waals surface area contributed by atoms with Gasteiger partial charge in [-0.25, -0.2) is 18.7 Å². The summed E-state index contributed by atoms with van der Waals surface area (Å²) < 4.78 is 78.1. The second-order valence-electron chi connectivity index (χ2n) is 11.2. The molecule has 0 radical (unpaired) electrons. The third kappa shape index (κ3) is 4.01. The molecule has 3 aromatic rings. The Morgan fingerprint density at radius 3 is 2.65 bits per heavy atom. The first-order chi connectivity index (χ1) is 18.7. The standard InChI is InChI=1S/C27H27F5N6O2/c1-10-17-18-24(35-20(10)23(34)39)38-9-26(3)5-4-16(37-26)22(38)11(2)40-25(18)36-21(19(17)29)13-6-12(33)7-15(28)14(13)8-27(30,31)32/h6-7,11,16,22,37H,4-5,8-9,33H2,1-3H3,(H2,34,39). The molecule has 1 aromatic carbocycles. The van der Waals surface area contributed by atoms with E-state index in [2.05, 4.69) is 22.2 Å². The van der Waals surface area contributed by atoms with Crippen LogP contribution < -0.4 is 26.4 Å². The van der Waals surface area contributed by atoms with E-state index in [0.717, 1.165) is 25.0 Å². The number of hydrogen-bond donors (Lipinski definition) is 3. The van der Waals surface area contributed by atoms with Crippen molar-refractivity contribution in [3.63, 3.8) is 0 Å². The third-order valence-corrected chi connectivity index (χ3v) is 8.24. The molecule has 3 aliphatic rings. The number of nitrogens with zero attached hydrogens (tertiary/aromatic N) is 3. The first kappa shape index (κ1) is 26.5. The van der Waals surface area contributed by atoms with Crippen LogP contribution in [0, 0.1) is 18.6 Å². The fourth-order valence-electron chi connectivity index (χ4n) is 6.61. The summed E-state index contributed by atoms with van der Waals surface area (Å²) >= 11 is 0. The van der Waals surface area contributed by atoms with E-state index < -0.39 is 53.1 Å². The first-order valence-corrected chi connectivity index (χ1v) is 12.9. The van der Waals surface area contributed by atoms with Crippen LogP contribution in [0.15, 0.2) is 12.1 Å². The first-order valence-electron chi connectivity index (χ1n) is 12.9. The summed E-state index contributed by atoms with van der Waals surface area (Å²) in [6.07, 6.45) is -5.26. The number of nitrogen functional groups attached to an aromatic ring is 1. The van der Waals surface area contributed by atoms with Crippen molar-refractivity contribution < 1.29 is 31.5 Å². The number of aryl methyl sites for hydroxylation is 1. The molecule has 8 nitrogen and oxygen atoms in total. The minimum absolute atomic E-state index is 0.0102. The number of pyridine rings is 2. The lowest BCUT2D eigenvalue weighted by atomic mass is 9.94. The fraction of sp³-hybridized carbons (Fsp3) is 0.444. The predicted molar refractivity (Wildman–Crippen MR) is 138 cm³/mol. The normalized spacial score (nSPS) is 25.5. The Labute approximate surface area is 225 Å². The highest BCUT2D eigenvalue weighted by atomic mass is 19.4. The maximum atomic E-state index is 16.6. The molecule has 5 N–H and O–H groups in total. The summed E-state index contributed by atoms with van der Waals surface area (Å²) in [5.41, 5.74) is 8.97. The number of carbonyl (C=O) groups is 1. The van der Waals surface area contributed by atoms with Crippen LogP contribution in [0.4, 0.5) is 33.5 Å². The zero-order valence-electron chi connectivity index (χ0n) is 21.9. The van der Waals surface area contributed by atoms with Gasteiger partial charge in [-0.1, -0.05) is 0 Å². The van der Waals surface area contributed by atoms with Gasteiger partial charge in [0.15, 0.2) is 5.82 Å². The lowest BCUT2D eigenvalue weighted by Crippen LogP contribution is -2.66. The van der Waals surface area contributed by atoms with Crippen LogP contribution in [0.1, 0.15) is 48.3 Å². The van der Waals surface area contributed by atoms with Gasteiger partial charge >= 0.3 is 6.18 Å². The Morgan fingerprint density at radius 1 is 1.25 bits per heavy atom. The van der Waals surface area contributed by atoms with Crippen LogP contribution in [-0.2, 0) is 6.42 Å². The number of fused-ring (bicyclic) bond motifs is 5. The number of nitrogens with one attached hydrogen (secondary N) is 1. The van der Waals surface area contributed by atoms with Crippen LogP contribution in [0.25, 0.3) is 22.0 Å². The highest BCUT2D eigenvalue weighted by molar-refractivity contribution is 6.06. The number of halogens is 5. The van der Waals surface area contributed by atoms with Crippen LogP contribution in [-0.4, -0.2) is 52.3 Å². The number of amides is 1. The average Bonchev–Trinajstić information content (AvgIpc) is 3.09. The van der Waals surface area contributed by atoms with E-state index >= 15 is 4.39 Å². The number of primary amides is 1. The Bertz CT molecular complexity index is 1590. The molecule has 1 amide bonds. The zero-order chi connectivity index (χ0) is 28.9. The number of rotatable bonds is 3. The maximum Gasteiger partial charge on any atom is 0.393 e. The molecule has 2 fully saturated rings. The summed E-state index contributed by atoms with van der Waals surface area (Å²) in [6.45, 7) is 5.80. The number of ether oxygens (including phenoxy) is 1. The Morgan fingerprint density at radius 2 is 1.98 bits per heavy atom. The van der Waals surface area contributed by atoms with Crippen molar-refractivity contribution >= 4 is 28.2 Å². The van der Waals surface area contributed by atoms with Crippen LogP contribution in [0.2, 0.25) is 0 Å². The molecule has 2 saturated heterocycles. The van der Waals surface area contributed by atoms with E-state index in [1.165, 1.54) is 6.92 Å². The predicted octanol–water partition coefficient (Wildman–Crippen LogP) is 4.15. The minimum atomic E-state index is -4.80. The van der Waals surface area contributed by atoms with E-state index in [4.69, 9.17) is 16.2 Å². The summed E-state index contributed by atoms with van der Waals surface area (Å²) in [5, 5.41) is 3.66. The van der Waals surface area contributed by atoms with E-state index in [1.54, 1.807) is 0 Å². The molecule has 0 spiro atoms. The Balaban J connectivity index is 1.69. The summed E-state index contributed by atoms with van der Waals surface area (Å²) in [7, 11) is 0. The van der Waals surface area contributed by atoms with Gasteiger partial charge < -0.3 is 26.4 Å². The Kier molecular flexibility index (Phi) is 5.71. The minimum Gasteiger partial charge on any atom is -0.472 e. The number of benzene rings is 1. The molecule has 40 heavy (non-hydrogen) atoms. The summed E-state index contributed by atoms with van der Waals surface area (Å²) in [4.78, 5) is 23.4. The van der Waals surface area contributed by atoms with Gasteiger partial charge in [-0.2, -0.15) is 13.2 Å². The number of aromatic nitrogens is 2. The average molecular weight is 563 g/mol. The van der Waals surface area contributed by atoms with E-state index in [0.29, 0.717) is 6.54 Å². The lowest BCUT2D eigenvalue weighted by Gasteiger charge is -2.46. The molecule has 2 aromatic heterocycles. The van der Waals surface area contributed by atoms with Crippen molar-refractivity contribution in [2.75, 3.05) is 17.2 Å². The molecule has 13 heteroatoms. The molecule has 0 saturated carbocycles. The van der Waals surface area contributed by atoms with Crippen molar-refractivity contribution in [2.24, 2.45) is 5.73 Å². The summed E-state index contributed by atoms with van der Waals surface area (Å²) in [6, 6.07) is 1.51. The lowest BCUT2D eigenvalue weighted by molar-refractivity contribution is -0.127. The number of carbonyl (C=O) groups excluding carboxylic acids is 1. The monoisotopic (exact) mass is 562 g/mol. The SMILES string of the molecule is Cc1c(C(N)=O)nc2c3c(nc(-c4cc(N)cc(F)c4CC(F)(F)F)c(F)c13)OC(C)C1C3CCC(C)(CN21)N3. The van der Waals surface area contributed by atoms with Gasteiger partial charge in [0.05, 0.1) is 17.8 Å². The second kappa shape index (κ2) is 8.63. The molecule has 4 unspecified atom stereocenters. The van der Waals surface area contributed by atoms with E-state index in [1.807, 2.05) is 11.8 Å². The van der Waals surface area contributed by atoms with Crippen LogP contribution in [0.3, 0.4) is 0 Å².